The quantitative estimate of drug-likeness (QED) is 0.829. The average Bonchev–Trinajstić information content (AvgIpc) is 2.03. The summed E-state index contributed by atoms with van der Waals surface area (Å²) in [6.07, 6.45) is -0.248. The molecule has 0 saturated carbocycles. The Morgan fingerprint density at radius 2 is 2.17 bits per heavy atom. The van der Waals surface area contributed by atoms with Crippen molar-refractivity contribution < 1.29 is 5.11 Å². The molecular formula is C9H11BrOS. The molecule has 3 heteroatoms. The van der Waals surface area contributed by atoms with E-state index >= 15 is 0 Å². The van der Waals surface area contributed by atoms with Gasteiger partial charge in [-0.25, -0.2) is 0 Å². The van der Waals surface area contributed by atoms with Gasteiger partial charge in [0.15, 0.2) is 0 Å². The molecule has 66 valence electrons. The molecule has 0 aliphatic rings. The number of hydrogen-bond donors (Lipinski definition) is 1. The maximum Gasteiger partial charge on any atom is 0.0606 e. The summed E-state index contributed by atoms with van der Waals surface area (Å²) >= 11 is 5.10. The summed E-state index contributed by atoms with van der Waals surface area (Å²) < 4.78 is 1.09. The molecule has 0 spiro atoms. The van der Waals surface area contributed by atoms with Gasteiger partial charge < -0.3 is 5.11 Å². The number of benzene rings is 1. The van der Waals surface area contributed by atoms with Gasteiger partial charge in [-0.1, -0.05) is 12.1 Å². The number of thioether (sulfide) groups is 1. The molecular weight excluding hydrogens is 236 g/mol. The Hall–Kier alpha value is 0.01000. The molecule has 1 N–H and O–H groups in total. The molecule has 1 aromatic rings. The van der Waals surface area contributed by atoms with Gasteiger partial charge in [0.2, 0.25) is 0 Å². The van der Waals surface area contributed by atoms with E-state index < -0.39 is 0 Å². The lowest BCUT2D eigenvalue weighted by atomic mass is 10.4. The van der Waals surface area contributed by atoms with Gasteiger partial charge in [-0.15, -0.1) is 11.8 Å². The summed E-state index contributed by atoms with van der Waals surface area (Å²) in [5.41, 5.74) is 0. The topological polar surface area (TPSA) is 20.2 Å². The van der Waals surface area contributed by atoms with E-state index in [4.69, 9.17) is 5.11 Å². The van der Waals surface area contributed by atoms with E-state index in [0.29, 0.717) is 0 Å². The first kappa shape index (κ1) is 10.1. The van der Waals surface area contributed by atoms with Gasteiger partial charge in [0.05, 0.1) is 6.10 Å². The Balaban J connectivity index is 2.57. The van der Waals surface area contributed by atoms with E-state index in [9.17, 15) is 0 Å². The third-order valence-electron chi connectivity index (χ3n) is 1.32. The van der Waals surface area contributed by atoms with Crippen LogP contribution in [0, 0.1) is 0 Å². The molecule has 0 amide bonds. The number of hydrogen-bond acceptors (Lipinski definition) is 2. The second-order valence-corrected chi connectivity index (χ2v) is 4.51. The molecule has 12 heavy (non-hydrogen) atoms. The Bertz CT molecular complexity index is 250. The summed E-state index contributed by atoms with van der Waals surface area (Å²) in [6, 6.07) is 8.02. The van der Waals surface area contributed by atoms with E-state index in [1.807, 2.05) is 24.3 Å². The molecule has 1 rings (SSSR count). The van der Waals surface area contributed by atoms with Gasteiger partial charge in [0.1, 0.15) is 0 Å². The van der Waals surface area contributed by atoms with Crippen molar-refractivity contribution in [2.24, 2.45) is 0 Å². The largest absolute Gasteiger partial charge is 0.393 e. The third-order valence-corrected chi connectivity index (χ3v) is 3.59. The predicted molar refractivity (Wildman–Crippen MR) is 56.5 cm³/mol. The van der Waals surface area contributed by atoms with E-state index in [-0.39, 0.29) is 6.10 Å². The Labute approximate surface area is 85.3 Å². The fourth-order valence-electron chi connectivity index (χ4n) is 0.772. The normalized spacial score (nSPS) is 12.9. The molecule has 0 aliphatic heterocycles. The summed E-state index contributed by atoms with van der Waals surface area (Å²) in [5, 5.41) is 9.07. The lowest BCUT2D eigenvalue weighted by Crippen LogP contribution is -2.02. The SMILES string of the molecule is CC(O)CSc1ccccc1Br. The Morgan fingerprint density at radius 1 is 1.50 bits per heavy atom. The summed E-state index contributed by atoms with van der Waals surface area (Å²) in [6.45, 7) is 1.80. The zero-order valence-electron chi connectivity index (χ0n) is 6.83. The average molecular weight is 247 g/mol. The Morgan fingerprint density at radius 3 is 2.75 bits per heavy atom. The van der Waals surface area contributed by atoms with Crippen molar-refractivity contribution >= 4 is 27.7 Å². The van der Waals surface area contributed by atoms with Crippen molar-refractivity contribution in [3.63, 3.8) is 0 Å². The first-order chi connectivity index (χ1) is 5.70. The number of aliphatic hydroxyl groups is 1. The molecule has 0 aliphatic carbocycles. The Kier molecular flexibility index (Phi) is 4.12. The van der Waals surface area contributed by atoms with E-state index in [1.54, 1.807) is 18.7 Å². The van der Waals surface area contributed by atoms with Gasteiger partial charge in [0, 0.05) is 15.1 Å². The van der Waals surface area contributed by atoms with Crippen molar-refractivity contribution in [1.82, 2.24) is 0 Å². The monoisotopic (exact) mass is 246 g/mol. The highest BCUT2D eigenvalue weighted by molar-refractivity contribution is 9.10. The van der Waals surface area contributed by atoms with Crippen molar-refractivity contribution in [3.8, 4) is 0 Å². The minimum Gasteiger partial charge on any atom is -0.393 e. The van der Waals surface area contributed by atoms with Crippen LogP contribution in [0.25, 0.3) is 0 Å². The molecule has 0 aromatic heterocycles. The van der Waals surface area contributed by atoms with Crippen molar-refractivity contribution in [1.29, 1.82) is 0 Å². The maximum atomic E-state index is 9.07. The van der Waals surface area contributed by atoms with Crippen LogP contribution in [0.15, 0.2) is 33.6 Å². The minimum absolute atomic E-state index is 0.248. The second kappa shape index (κ2) is 4.90. The molecule has 1 nitrogen and oxygen atoms in total. The second-order valence-electron chi connectivity index (χ2n) is 2.59. The predicted octanol–water partition coefficient (Wildman–Crippen LogP) is 2.92. The summed E-state index contributed by atoms with van der Waals surface area (Å²) in [7, 11) is 0. The molecule has 0 saturated heterocycles. The zero-order chi connectivity index (χ0) is 8.97. The van der Waals surface area contributed by atoms with E-state index in [0.717, 1.165) is 10.2 Å². The minimum atomic E-state index is -0.248. The number of halogens is 1. The van der Waals surface area contributed by atoms with Crippen LogP contribution in [-0.4, -0.2) is 17.0 Å². The number of rotatable bonds is 3. The first-order valence-electron chi connectivity index (χ1n) is 3.75. The first-order valence-corrected chi connectivity index (χ1v) is 5.53. The fraction of sp³-hybridized carbons (Fsp3) is 0.333. The number of aliphatic hydroxyl groups excluding tert-OH is 1. The zero-order valence-corrected chi connectivity index (χ0v) is 9.23. The van der Waals surface area contributed by atoms with E-state index in [2.05, 4.69) is 15.9 Å². The van der Waals surface area contributed by atoms with E-state index in [1.165, 1.54) is 4.90 Å². The molecule has 1 aromatic carbocycles. The van der Waals surface area contributed by atoms with Crippen LogP contribution in [0.2, 0.25) is 0 Å². The lowest BCUT2D eigenvalue weighted by molar-refractivity contribution is 0.220. The van der Waals surface area contributed by atoms with Gasteiger partial charge >= 0.3 is 0 Å². The highest BCUT2D eigenvalue weighted by Crippen LogP contribution is 2.27. The molecule has 0 fully saturated rings. The van der Waals surface area contributed by atoms with Crippen LogP contribution < -0.4 is 0 Å². The van der Waals surface area contributed by atoms with Gasteiger partial charge in [-0.2, -0.15) is 0 Å². The van der Waals surface area contributed by atoms with Gasteiger partial charge in [0.25, 0.3) is 0 Å². The van der Waals surface area contributed by atoms with Gasteiger partial charge in [-0.3, -0.25) is 0 Å². The summed E-state index contributed by atoms with van der Waals surface area (Å²) in [5.74, 6) is 0.739. The van der Waals surface area contributed by atoms with Crippen molar-refractivity contribution in [2.45, 2.75) is 17.9 Å². The molecule has 1 atom stereocenters. The highest BCUT2D eigenvalue weighted by atomic mass is 79.9. The summed E-state index contributed by atoms with van der Waals surface area (Å²) in [4.78, 5) is 1.18. The van der Waals surface area contributed by atoms with Crippen LogP contribution in [-0.2, 0) is 0 Å². The molecule has 0 bridgehead atoms. The maximum absolute atomic E-state index is 9.07. The molecule has 1 unspecified atom stereocenters. The van der Waals surface area contributed by atoms with Gasteiger partial charge in [-0.05, 0) is 35.0 Å². The molecule has 0 heterocycles. The standard InChI is InChI=1S/C9H11BrOS/c1-7(11)6-12-9-5-3-2-4-8(9)10/h2-5,7,11H,6H2,1H3. The van der Waals surface area contributed by atoms with Crippen LogP contribution in [0.1, 0.15) is 6.92 Å². The van der Waals surface area contributed by atoms with Crippen LogP contribution in [0.3, 0.4) is 0 Å². The van der Waals surface area contributed by atoms with Crippen LogP contribution >= 0.6 is 27.7 Å². The fourth-order valence-corrected chi connectivity index (χ4v) is 2.20. The molecule has 0 radical (unpaired) electrons. The van der Waals surface area contributed by atoms with Crippen LogP contribution in [0.4, 0.5) is 0 Å². The van der Waals surface area contributed by atoms with Crippen molar-refractivity contribution in [3.05, 3.63) is 28.7 Å². The highest BCUT2D eigenvalue weighted by Gasteiger charge is 2.00. The lowest BCUT2D eigenvalue weighted by Gasteiger charge is -2.05. The third kappa shape index (κ3) is 3.17. The van der Waals surface area contributed by atoms with Crippen LogP contribution in [0.5, 0.6) is 0 Å². The van der Waals surface area contributed by atoms with Crippen molar-refractivity contribution in [2.75, 3.05) is 5.75 Å². The smallest absolute Gasteiger partial charge is 0.0606 e.